The van der Waals surface area contributed by atoms with Crippen molar-refractivity contribution in [3.05, 3.63) is 59.7 Å². The van der Waals surface area contributed by atoms with Gasteiger partial charge in [-0.3, -0.25) is 20.4 Å². The fourth-order valence-electron chi connectivity index (χ4n) is 1.83. The molecule has 0 aromatic heterocycles. The molecule has 0 bridgehead atoms. The van der Waals surface area contributed by atoms with Crippen LogP contribution in [0.5, 0.6) is 11.5 Å². The predicted octanol–water partition coefficient (Wildman–Crippen LogP) is 1.78. The van der Waals surface area contributed by atoms with Crippen molar-refractivity contribution >= 4 is 11.8 Å². The van der Waals surface area contributed by atoms with E-state index >= 15 is 0 Å². The standard InChI is InChI=1S/C16H16N2O4/c1-21-12-8-9-14(22-2)13(10-12)16(20)18-17-15(19)11-6-4-3-5-7-11/h3-10H,1-2H3,(H,17,19)(H,18,20). The molecule has 22 heavy (non-hydrogen) atoms. The maximum absolute atomic E-state index is 12.2. The van der Waals surface area contributed by atoms with E-state index in [2.05, 4.69) is 10.9 Å². The van der Waals surface area contributed by atoms with Crippen molar-refractivity contribution in [3.8, 4) is 11.5 Å². The molecule has 0 atom stereocenters. The molecule has 0 fully saturated rings. The van der Waals surface area contributed by atoms with Crippen LogP contribution in [0.2, 0.25) is 0 Å². The van der Waals surface area contributed by atoms with E-state index in [9.17, 15) is 9.59 Å². The van der Waals surface area contributed by atoms with Gasteiger partial charge in [-0.1, -0.05) is 18.2 Å². The lowest BCUT2D eigenvalue weighted by Crippen LogP contribution is -2.41. The summed E-state index contributed by atoms with van der Waals surface area (Å²) in [5.41, 5.74) is 5.40. The Hall–Kier alpha value is -3.02. The summed E-state index contributed by atoms with van der Waals surface area (Å²) in [6.07, 6.45) is 0. The summed E-state index contributed by atoms with van der Waals surface area (Å²) in [6, 6.07) is 13.4. The maximum atomic E-state index is 12.2. The number of hydrogen-bond acceptors (Lipinski definition) is 4. The molecule has 6 heteroatoms. The molecule has 0 aliphatic carbocycles. The molecule has 0 radical (unpaired) electrons. The first-order valence-electron chi connectivity index (χ1n) is 6.53. The van der Waals surface area contributed by atoms with Crippen molar-refractivity contribution in [1.82, 2.24) is 10.9 Å². The smallest absolute Gasteiger partial charge is 0.273 e. The lowest BCUT2D eigenvalue weighted by atomic mass is 10.2. The van der Waals surface area contributed by atoms with Crippen molar-refractivity contribution < 1.29 is 19.1 Å². The largest absolute Gasteiger partial charge is 0.497 e. The van der Waals surface area contributed by atoms with Gasteiger partial charge in [-0.15, -0.1) is 0 Å². The fourth-order valence-corrected chi connectivity index (χ4v) is 1.83. The molecule has 0 saturated heterocycles. The number of hydrogen-bond donors (Lipinski definition) is 2. The van der Waals surface area contributed by atoms with E-state index in [0.29, 0.717) is 17.1 Å². The van der Waals surface area contributed by atoms with Crippen LogP contribution < -0.4 is 20.3 Å². The van der Waals surface area contributed by atoms with Crippen LogP contribution >= 0.6 is 0 Å². The molecule has 114 valence electrons. The monoisotopic (exact) mass is 300 g/mol. The Bertz CT molecular complexity index is 671. The van der Waals surface area contributed by atoms with E-state index in [0.717, 1.165) is 0 Å². The van der Waals surface area contributed by atoms with Crippen LogP contribution in [-0.2, 0) is 0 Å². The predicted molar refractivity (Wildman–Crippen MR) is 80.9 cm³/mol. The number of hydrazine groups is 1. The van der Waals surface area contributed by atoms with Crippen LogP contribution in [-0.4, -0.2) is 26.0 Å². The minimum absolute atomic E-state index is 0.259. The Kier molecular flexibility index (Phi) is 4.98. The number of rotatable bonds is 4. The van der Waals surface area contributed by atoms with E-state index in [-0.39, 0.29) is 5.56 Å². The van der Waals surface area contributed by atoms with Gasteiger partial charge in [0.25, 0.3) is 11.8 Å². The van der Waals surface area contributed by atoms with Crippen molar-refractivity contribution in [2.45, 2.75) is 0 Å². The first kappa shape index (κ1) is 15.4. The maximum Gasteiger partial charge on any atom is 0.273 e. The van der Waals surface area contributed by atoms with Crippen LogP contribution in [0, 0.1) is 0 Å². The van der Waals surface area contributed by atoms with Crippen molar-refractivity contribution in [3.63, 3.8) is 0 Å². The third kappa shape index (κ3) is 3.54. The zero-order chi connectivity index (χ0) is 15.9. The molecular weight excluding hydrogens is 284 g/mol. The molecule has 0 heterocycles. The number of methoxy groups -OCH3 is 2. The van der Waals surface area contributed by atoms with Gasteiger partial charge in [-0.05, 0) is 30.3 Å². The van der Waals surface area contributed by atoms with Crippen molar-refractivity contribution in [1.29, 1.82) is 0 Å². The molecule has 0 aliphatic rings. The molecule has 0 aliphatic heterocycles. The normalized spacial score (nSPS) is 9.73. The summed E-state index contributed by atoms with van der Waals surface area (Å²) >= 11 is 0. The molecular formula is C16H16N2O4. The highest BCUT2D eigenvalue weighted by Crippen LogP contribution is 2.23. The Balaban J connectivity index is 2.08. The molecule has 0 saturated carbocycles. The molecule has 2 rings (SSSR count). The number of amides is 2. The van der Waals surface area contributed by atoms with Gasteiger partial charge in [0, 0.05) is 5.56 Å². The SMILES string of the molecule is COc1ccc(OC)c(C(=O)NNC(=O)c2ccccc2)c1. The average molecular weight is 300 g/mol. The first-order valence-corrected chi connectivity index (χ1v) is 6.53. The average Bonchev–Trinajstić information content (AvgIpc) is 2.59. The van der Waals surface area contributed by atoms with Gasteiger partial charge in [0.2, 0.25) is 0 Å². The highest BCUT2D eigenvalue weighted by atomic mass is 16.5. The summed E-state index contributed by atoms with van der Waals surface area (Å²) in [4.78, 5) is 24.0. The number of nitrogens with one attached hydrogen (secondary N) is 2. The van der Waals surface area contributed by atoms with E-state index in [1.54, 1.807) is 42.5 Å². The lowest BCUT2D eigenvalue weighted by Gasteiger charge is -2.11. The van der Waals surface area contributed by atoms with E-state index in [1.807, 2.05) is 0 Å². The first-order chi connectivity index (χ1) is 10.7. The van der Waals surface area contributed by atoms with Gasteiger partial charge in [-0.2, -0.15) is 0 Å². The van der Waals surface area contributed by atoms with Gasteiger partial charge in [0.1, 0.15) is 11.5 Å². The Morgan fingerprint density at radius 1 is 0.864 bits per heavy atom. The molecule has 6 nitrogen and oxygen atoms in total. The Labute approximate surface area is 128 Å². The minimum Gasteiger partial charge on any atom is -0.497 e. The van der Waals surface area contributed by atoms with Gasteiger partial charge < -0.3 is 9.47 Å². The summed E-state index contributed by atoms with van der Waals surface area (Å²) in [5.74, 6) is -0.0107. The van der Waals surface area contributed by atoms with Crippen LogP contribution in [0.3, 0.4) is 0 Å². The lowest BCUT2D eigenvalue weighted by molar-refractivity contribution is 0.0844. The van der Waals surface area contributed by atoms with Crippen LogP contribution in [0.15, 0.2) is 48.5 Å². The summed E-state index contributed by atoms with van der Waals surface area (Å²) in [6.45, 7) is 0. The molecule has 2 aromatic rings. The molecule has 0 spiro atoms. The summed E-state index contributed by atoms with van der Waals surface area (Å²) in [7, 11) is 2.96. The van der Waals surface area contributed by atoms with Gasteiger partial charge in [0.05, 0.1) is 19.8 Å². The van der Waals surface area contributed by atoms with E-state index in [1.165, 1.54) is 20.3 Å². The van der Waals surface area contributed by atoms with Gasteiger partial charge in [0.15, 0.2) is 0 Å². The van der Waals surface area contributed by atoms with Gasteiger partial charge in [-0.25, -0.2) is 0 Å². The minimum atomic E-state index is -0.500. The van der Waals surface area contributed by atoms with Crippen LogP contribution in [0.1, 0.15) is 20.7 Å². The second-order valence-corrected chi connectivity index (χ2v) is 4.34. The second kappa shape index (κ2) is 7.12. The van der Waals surface area contributed by atoms with Crippen molar-refractivity contribution in [2.24, 2.45) is 0 Å². The molecule has 0 unspecified atom stereocenters. The van der Waals surface area contributed by atoms with E-state index < -0.39 is 11.8 Å². The van der Waals surface area contributed by atoms with E-state index in [4.69, 9.17) is 9.47 Å². The third-order valence-corrected chi connectivity index (χ3v) is 2.98. The molecule has 2 amide bonds. The number of carbonyl (C=O) groups excluding carboxylic acids is 2. The quantitative estimate of drug-likeness (QED) is 0.844. The topological polar surface area (TPSA) is 76.7 Å². The van der Waals surface area contributed by atoms with Gasteiger partial charge >= 0.3 is 0 Å². The third-order valence-electron chi connectivity index (χ3n) is 2.98. The summed E-state index contributed by atoms with van der Waals surface area (Å²) in [5, 5.41) is 0. The van der Waals surface area contributed by atoms with Crippen LogP contribution in [0.25, 0.3) is 0 Å². The highest BCUT2D eigenvalue weighted by molar-refractivity contribution is 6.00. The summed E-state index contributed by atoms with van der Waals surface area (Å²) < 4.78 is 10.2. The number of carbonyl (C=O) groups is 2. The number of ether oxygens (including phenoxy) is 2. The fraction of sp³-hybridized carbons (Fsp3) is 0.125. The highest BCUT2D eigenvalue weighted by Gasteiger charge is 2.14. The Morgan fingerprint density at radius 2 is 1.55 bits per heavy atom. The zero-order valence-electron chi connectivity index (χ0n) is 12.3. The zero-order valence-corrected chi connectivity index (χ0v) is 12.3. The van der Waals surface area contributed by atoms with Crippen LogP contribution in [0.4, 0.5) is 0 Å². The molecule has 2 N–H and O–H groups in total. The molecule has 2 aromatic carbocycles. The Morgan fingerprint density at radius 3 is 2.18 bits per heavy atom. The second-order valence-electron chi connectivity index (χ2n) is 4.34. The number of benzene rings is 2. The van der Waals surface area contributed by atoms with Crippen molar-refractivity contribution in [2.75, 3.05) is 14.2 Å².